The predicted octanol–water partition coefficient (Wildman–Crippen LogP) is 1.02. The third-order valence-electron chi connectivity index (χ3n) is 2.87. The van der Waals surface area contributed by atoms with Crippen molar-refractivity contribution < 1.29 is 4.79 Å². The van der Waals surface area contributed by atoms with Crippen LogP contribution in [-0.4, -0.2) is 29.9 Å². The van der Waals surface area contributed by atoms with E-state index in [9.17, 15) is 4.79 Å². The zero-order valence-electron chi connectivity index (χ0n) is 9.67. The smallest absolute Gasteiger partial charge is 0.233 e. The van der Waals surface area contributed by atoms with Crippen molar-refractivity contribution in [2.45, 2.75) is 51.5 Å². The maximum Gasteiger partial charge on any atom is 0.233 e. The van der Waals surface area contributed by atoms with E-state index in [0.717, 1.165) is 19.0 Å². The first-order valence-corrected chi connectivity index (χ1v) is 6.01. The average molecular weight is 213 g/mol. The molecule has 1 fully saturated rings. The molecule has 0 saturated heterocycles. The van der Waals surface area contributed by atoms with Crippen molar-refractivity contribution in [2.75, 3.05) is 13.1 Å². The van der Waals surface area contributed by atoms with Crippen LogP contribution in [0.4, 0.5) is 0 Å². The van der Waals surface area contributed by atoms with Gasteiger partial charge in [-0.3, -0.25) is 10.2 Å². The molecular formula is C11H23N3O. The highest BCUT2D eigenvalue weighted by atomic mass is 16.2. The van der Waals surface area contributed by atoms with Gasteiger partial charge in [-0.05, 0) is 38.8 Å². The molecule has 15 heavy (non-hydrogen) atoms. The number of hydrazine groups is 1. The van der Waals surface area contributed by atoms with Crippen molar-refractivity contribution in [2.24, 2.45) is 5.84 Å². The molecule has 3 N–H and O–H groups in total. The first-order chi connectivity index (χ1) is 7.27. The number of nitrogens with two attached hydrogens (primary N) is 1. The zero-order valence-corrected chi connectivity index (χ0v) is 9.67. The van der Waals surface area contributed by atoms with Gasteiger partial charge in [-0.2, -0.15) is 0 Å². The second-order valence-corrected chi connectivity index (χ2v) is 4.29. The van der Waals surface area contributed by atoms with E-state index < -0.39 is 0 Å². The third kappa shape index (κ3) is 5.14. The summed E-state index contributed by atoms with van der Waals surface area (Å²) in [6.45, 7) is 4.44. The first-order valence-electron chi connectivity index (χ1n) is 6.01. The molecule has 1 saturated carbocycles. The molecule has 1 aliphatic carbocycles. The van der Waals surface area contributed by atoms with Gasteiger partial charge in [0, 0.05) is 12.5 Å². The van der Waals surface area contributed by atoms with Crippen LogP contribution in [-0.2, 0) is 4.79 Å². The number of hydrogen-bond acceptors (Lipinski definition) is 3. The van der Waals surface area contributed by atoms with Gasteiger partial charge < -0.3 is 4.90 Å². The van der Waals surface area contributed by atoms with Crippen LogP contribution in [0, 0.1) is 0 Å². The molecule has 0 unspecified atom stereocenters. The Morgan fingerprint density at radius 3 is 2.60 bits per heavy atom. The highest BCUT2D eigenvalue weighted by Crippen LogP contribution is 2.27. The van der Waals surface area contributed by atoms with Crippen molar-refractivity contribution >= 4 is 5.91 Å². The lowest BCUT2D eigenvalue weighted by molar-refractivity contribution is -0.121. The van der Waals surface area contributed by atoms with Crippen molar-refractivity contribution in [3.05, 3.63) is 0 Å². The third-order valence-corrected chi connectivity index (χ3v) is 2.87. The van der Waals surface area contributed by atoms with E-state index in [2.05, 4.69) is 17.2 Å². The number of carbonyl (C=O) groups is 1. The lowest BCUT2D eigenvalue weighted by Gasteiger charge is -2.21. The molecule has 0 bridgehead atoms. The SMILES string of the molecule is CCCCN(CCCC(=O)NN)C1CC1. The summed E-state index contributed by atoms with van der Waals surface area (Å²) in [5, 5.41) is 0. The largest absolute Gasteiger partial charge is 0.300 e. The Kier molecular flexibility index (Phi) is 5.65. The van der Waals surface area contributed by atoms with Gasteiger partial charge in [0.25, 0.3) is 0 Å². The lowest BCUT2D eigenvalue weighted by Crippen LogP contribution is -2.32. The topological polar surface area (TPSA) is 58.4 Å². The number of carbonyl (C=O) groups excluding carboxylic acids is 1. The maximum atomic E-state index is 10.9. The minimum atomic E-state index is -0.0544. The predicted molar refractivity (Wildman–Crippen MR) is 61.1 cm³/mol. The molecule has 0 radical (unpaired) electrons. The van der Waals surface area contributed by atoms with Gasteiger partial charge in [0.2, 0.25) is 5.91 Å². The van der Waals surface area contributed by atoms with Gasteiger partial charge in [0.15, 0.2) is 0 Å². The highest BCUT2D eigenvalue weighted by Gasteiger charge is 2.27. The normalized spacial score (nSPS) is 15.7. The van der Waals surface area contributed by atoms with Crippen LogP contribution < -0.4 is 11.3 Å². The second kappa shape index (κ2) is 6.80. The van der Waals surface area contributed by atoms with Crippen LogP contribution in [0.2, 0.25) is 0 Å². The van der Waals surface area contributed by atoms with Crippen LogP contribution in [0.3, 0.4) is 0 Å². The van der Waals surface area contributed by atoms with Crippen molar-refractivity contribution in [1.82, 2.24) is 10.3 Å². The molecule has 1 aliphatic rings. The average Bonchev–Trinajstić information content (AvgIpc) is 3.06. The Balaban J connectivity index is 2.11. The van der Waals surface area contributed by atoms with E-state index in [-0.39, 0.29) is 5.91 Å². The Bertz CT molecular complexity index is 192. The van der Waals surface area contributed by atoms with E-state index in [1.807, 2.05) is 0 Å². The molecular weight excluding hydrogens is 190 g/mol. The Morgan fingerprint density at radius 1 is 1.40 bits per heavy atom. The number of hydrogen-bond donors (Lipinski definition) is 2. The van der Waals surface area contributed by atoms with Crippen LogP contribution in [0.1, 0.15) is 45.4 Å². The molecule has 0 aromatic carbocycles. The fraction of sp³-hybridized carbons (Fsp3) is 0.909. The van der Waals surface area contributed by atoms with Crippen LogP contribution in [0.15, 0.2) is 0 Å². The molecule has 0 aromatic rings. The summed E-state index contributed by atoms with van der Waals surface area (Å²) in [6.07, 6.45) is 6.65. The molecule has 0 aliphatic heterocycles. The standard InChI is InChI=1S/C11H23N3O/c1-2-3-8-14(10-6-7-10)9-4-5-11(15)13-12/h10H,2-9,12H2,1H3,(H,13,15). The fourth-order valence-corrected chi connectivity index (χ4v) is 1.79. The monoisotopic (exact) mass is 213 g/mol. The number of amides is 1. The molecule has 0 atom stereocenters. The van der Waals surface area contributed by atoms with E-state index in [1.54, 1.807) is 0 Å². The van der Waals surface area contributed by atoms with Gasteiger partial charge in [0.05, 0.1) is 0 Å². The van der Waals surface area contributed by atoms with Gasteiger partial charge in [-0.1, -0.05) is 13.3 Å². The Morgan fingerprint density at radius 2 is 2.07 bits per heavy atom. The summed E-state index contributed by atoms with van der Waals surface area (Å²) in [4.78, 5) is 13.5. The maximum absolute atomic E-state index is 10.9. The Labute approximate surface area is 92.2 Å². The molecule has 4 nitrogen and oxygen atoms in total. The fourth-order valence-electron chi connectivity index (χ4n) is 1.79. The Hall–Kier alpha value is -0.610. The zero-order chi connectivity index (χ0) is 11.1. The number of unbranched alkanes of at least 4 members (excludes halogenated alkanes) is 1. The summed E-state index contributed by atoms with van der Waals surface area (Å²) in [5.41, 5.74) is 2.17. The summed E-state index contributed by atoms with van der Waals surface area (Å²) >= 11 is 0. The van der Waals surface area contributed by atoms with E-state index in [1.165, 1.54) is 32.2 Å². The number of nitrogens with one attached hydrogen (secondary N) is 1. The van der Waals surface area contributed by atoms with Crippen LogP contribution in [0.5, 0.6) is 0 Å². The molecule has 0 spiro atoms. The highest BCUT2D eigenvalue weighted by molar-refractivity contribution is 5.75. The van der Waals surface area contributed by atoms with Gasteiger partial charge in [0.1, 0.15) is 0 Å². The molecule has 1 rings (SSSR count). The van der Waals surface area contributed by atoms with E-state index in [0.29, 0.717) is 6.42 Å². The van der Waals surface area contributed by atoms with Gasteiger partial charge in [-0.25, -0.2) is 5.84 Å². The number of nitrogens with zero attached hydrogens (tertiary/aromatic N) is 1. The van der Waals surface area contributed by atoms with Gasteiger partial charge >= 0.3 is 0 Å². The molecule has 4 heteroatoms. The van der Waals surface area contributed by atoms with Crippen molar-refractivity contribution in [3.8, 4) is 0 Å². The summed E-state index contributed by atoms with van der Waals surface area (Å²) in [6, 6.07) is 0.803. The number of rotatable bonds is 8. The minimum Gasteiger partial charge on any atom is -0.300 e. The van der Waals surface area contributed by atoms with Crippen LogP contribution >= 0.6 is 0 Å². The van der Waals surface area contributed by atoms with Crippen molar-refractivity contribution in [1.29, 1.82) is 0 Å². The minimum absolute atomic E-state index is 0.0544. The molecule has 0 heterocycles. The summed E-state index contributed by atoms with van der Waals surface area (Å²) < 4.78 is 0. The summed E-state index contributed by atoms with van der Waals surface area (Å²) in [5.74, 6) is 4.97. The van der Waals surface area contributed by atoms with E-state index in [4.69, 9.17) is 5.84 Å². The second-order valence-electron chi connectivity index (χ2n) is 4.29. The molecule has 0 aromatic heterocycles. The van der Waals surface area contributed by atoms with Crippen molar-refractivity contribution in [3.63, 3.8) is 0 Å². The first kappa shape index (κ1) is 12.5. The van der Waals surface area contributed by atoms with Gasteiger partial charge in [-0.15, -0.1) is 0 Å². The quantitative estimate of drug-likeness (QED) is 0.359. The molecule has 1 amide bonds. The molecule has 88 valence electrons. The van der Waals surface area contributed by atoms with E-state index >= 15 is 0 Å². The lowest BCUT2D eigenvalue weighted by atomic mass is 10.2. The summed E-state index contributed by atoms with van der Waals surface area (Å²) in [7, 11) is 0. The van der Waals surface area contributed by atoms with Crippen LogP contribution in [0.25, 0.3) is 0 Å².